The summed E-state index contributed by atoms with van der Waals surface area (Å²) in [5.41, 5.74) is 0.0536. The zero-order valence-electron chi connectivity index (χ0n) is 17.1. The number of nitrogens with one attached hydrogen (secondary N) is 1. The normalized spacial score (nSPS) is 35.0. The van der Waals surface area contributed by atoms with Crippen molar-refractivity contribution >= 4 is 29.9 Å². The number of morpholine rings is 1. The van der Waals surface area contributed by atoms with Crippen molar-refractivity contribution in [3.05, 3.63) is 0 Å². The first-order valence-corrected chi connectivity index (χ1v) is 9.73. The topological polar surface area (TPSA) is 49.3 Å². The lowest BCUT2D eigenvalue weighted by Gasteiger charge is -2.59. The Hall–Kier alpha value is -0.120. The molecular weight excluding hydrogens is 443 g/mol. The molecule has 3 rings (SSSR count). The summed E-state index contributed by atoms with van der Waals surface area (Å²) in [6, 6.07) is 0.412. The van der Waals surface area contributed by atoms with Gasteiger partial charge in [0.15, 0.2) is 5.96 Å². The summed E-state index contributed by atoms with van der Waals surface area (Å²) in [6.07, 6.45) is 2.28. The molecule has 1 N–H and O–H groups in total. The summed E-state index contributed by atoms with van der Waals surface area (Å²) in [4.78, 5) is 9.55. The summed E-state index contributed by atoms with van der Waals surface area (Å²) in [5, 5.41) is 3.71. The van der Waals surface area contributed by atoms with E-state index in [0.717, 1.165) is 57.7 Å². The van der Waals surface area contributed by atoms with Gasteiger partial charge in [0.05, 0.1) is 18.8 Å². The van der Waals surface area contributed by atoms with Crippen LogP contribution in [0.15, 0.2) is 4.99 Å². The standard InChI is InChI=1S/C19H36N4O2.HI/c1-18(2)16(12-19(18,3)24-5)21-17(20-4)23-7-6-15(14-23)13-22-8-10-25-11-9-22;/h15-16H,6-14H2,1-5H3,(H,20,21);1H. The molecule has 0 aromatic heterocycles. The zero-order valence-corrected chi connectivity index (χ0v) is 19.4. The molecule has 2 aliphatic heterocycles. The van der Waals surface area contributed by atoms with Crippen LogP contribution in [0.2, 0.25) is 0 Å². The van der Waals surface area contributed by atoms with Crippen molar-refractivity contribution in [2.45, 2.75) is 45.3 Å². The zero-order chi connectivity index (χ0) is 18.1. The van der Waals surface area contributed by atoms with Crippen LogP contribution in [0.5, 0.6) is 0 Å². The summed E-state index contributed by atoms with van der Waals surface area (Å²) in [5.74, 6) is 1.79. The minimum absolute atomic E-state index is 0. The number of aliphatic imine (C=N–C) groups is 1. The highest BCUT2D eigenvalue weighted by Gasteiger charge is 2.58. The molecule has 0 amide bonds. The van der Waals surface area contributed by atoms with Gasteiger partial charge in [-0.2, -0.15) is 0 Å². The molecule has 0 radical (unpaired) electrons. The quantitative estimate of drug-likeness (QED) is 0.379. The fraction of sp³-hybridized carbons (Fsp3) is 0.947. The molecule has 3 fully saturated rings. The maximum absolute atomic E-state index is 5.75. The Balaban J connectivity index is 0.00000243. The van der Waals surface area contributed by atoms with E-state index in [4.69, 9.17) is 9.47 Å². The number of likely N-dealkylation sites (tertiary alicyclic amines) is 1. The van der Waals surface area contributed by atoms with Gasteiger partial charge in [-0.05, 0) is 25.7 Å². The van der Waals surface area contributed by atoms with Gasteiger partial charge in [-0.15, -0.1) is 24.0 Å². The fourth-order valence-electron chi connectivity index (χ4n) is 4.50. The Labute approximate surface area is 176 Å². The van der Waals surface area contributed by atoms with E-state index < -0.39 is 0 Å². The van der Waals surface area contributed by atoms with Gasteiger partial charge in [0, 0.05) is 58.3 Å². The summed E-state index contributed by atoms with van der Waals surface area (Å²) >= 11 is 0. The van der Waals surface area contributed by atoms with Crippen LogP contribution in [0.25, 0.3) is 0 Å². The van der Waals surface area contributed by atoms with Crippen LogP contribution in [0, 0.1) is 11.3 Å². The van der Waals surface area contributed by atoms with E-state index in [1.165, 1.54) is 13.0 Å². The molecule has 7 heteroatoms. The molecule has 0 aromatic carbocycles. The van der Waals surface area contributed by atoms with E-state index in [1.807, 2.05) is 14.2 Å². The van der Waals surface area contributed by atoms with E-state index >= 15 is 0 Å². The van der Waals surface area contributed by atoms with Gasteiger partial charge < -0.3 is 19.7 Å². The Bertz CT molecular complexity index is 496. The molecule has 6 nitrogen and oxygen atoms in total. The molecule has 0 spiro atoms. The average Bonchev–Trinajstić information content (AvgIpc) is 3.07. The van der Waals surface area contributed by atoms with Gasteiger partial charge in [0.1, 0.15) is 0 Å². The number of rotatable bonds is 4. The second-order valence-corrected chi connectivity index (χ2v) is 8.62. The highest BCUT2D eigenvalue weighted by Crippen LogP contribution is 2.51. The number of methoxy groups -OCH3 is 1. The van der Waals surface area contributed by atoms with Crippen molar-refractivity contribution in [1.82, 2.24) is 15.1 Å². The molecule has 1 saturated carbocycles. The minimum atomic E-state index is -0.0482. The van der Waals surface area contributed by atoms with Crippen molar-refractivity contribution in [2.24, 2.45) is 16.3 Å². The number of hydrogen-bond donors (Lipinski definition) is 1. The van der Waals surface area contributed by atoms with E-state index in [1.54, 1.807) is 0 Å². The van der Waals surface area contributed by atoms with Crippen LogP contribution in [-0.2, 0) is 9.47 Å². The van der Waals surface area contributed by atoms with Crippen molar-refractivity contribution in [1.29, 1.82) is 0 Å². The molecule has 0 aromatic rings. The molecule has 3 unspecified atom stereocenters. The first-order chi connectivity index (χ1) is 11.9. The van der Waals surface area contributed by atoms with Crippen molar-refractivity contribution in [2.75, 3.05) is 60.1 Å². The van der Waals surface area contributed by atoms with Crippen LogP contribution in [-0.4, -0.2) is 87.5 Å². The number of nitrogens with zero attached hydrogens (tertiary/aromatic N) is 3. The van der Waals surface area contributed by atoms with Crippen LogP contribution in [0.4, 0.5) is 0 Å². The van der Waals surface area contributed by atoms with Gasteiger partial charge in [-0.25, -0.2) is 0 Å². The molecule has 2 saturated heterocycles. The van der Waals surface area contributed by atoms with Crippen LogP contribution in [0.3, 0.4) is 0 Å². The predicted molar refractivity (Wildman–Crippen MR) is 116 cm³/mol. The number of hydrogen-bond acceptors (Lipinski definition) is 4. The molecular formula is C19H37IN4O2. The molecule has 3 atom stereocenters. The monoisotopic (exact) mass is 480 g/mol. The lowest BCUT2D eigenvalue weighted by atomic mass is 9.56. The average molecular weight is 480 g/mol. The minimum Gasteiger partial charge on any atom is -0.379 e. The highest BCUT2D eigenvalue weighted by molar-refractivity contribution is 14.0. The maximum atomic E-state index is 5.75. The number of ether oxygens (including phenoxy) is 2. The molecule has 3 aliphatic rings. The number of halogens is 1. The molecule has 152 valence electrons. The molecule has 0 bridgehead atoms. The van der Waals surface area contributed by atoms with E-state index in [9.17, 15) is 0 Å². The lowest BCUT2D eigenvalue weighted by Crippen LogP contribution is -2.69. The van der Waals surface area contributed by atoms with Gasteiger partial charge in [0.2, 0.25) is 0 Å². The van der Waals surface area contributed by atoms with E-state index in [0.29, 0.717) is 6.04 Å². The van der Waals surface area contributed by atoms with Gasteiger partial charge in [0.25, 0.3) is 0 Å². The molecule has 1 aliphatic carbocycles. The molecule has 2 heterocycles. The highest BCUT2D eigenvalue weighted by atomic mass is 127. The summed E-state index contributed by atoms with van der Waals surface area (Å²) in [7, 11) is 3.72. The fourth-order valence-corrected chi connectivity index (χ4v) is 4.50. The smallest absolute Gasteiger partial charge is 0.193 e. The SMILES string of the molecule is CN=C(NC1CC(C)(OC)C1(C)C)N1CCC(CN2CCOCC2)C1.I. The molecule has 26 heavy (non-hydrogen) atoms. The van der Waals surface area contributed by atoms with E-state index in [2.05, 4.69) is 40.9 Å². The first kappa shape index (κ1) is 22.2. The van der Waals surface area contributed by atoms with Gasteiger partial charge in [-0.1, -0.05) is 13.8 Å². The van der Waals surface area contributed by atoms with Gasteiger partial charge >= 0.3 is 0 Å². The Kier molecular flexibility index (Phi) is 7.61. The van der Waals surface area contributed by atoms with Crippen molar-refractivity contribution in [3.63, 3.8) is 0 Å². The largest absolute Gasteiger partial charge is 0.379 e. The van der Waals surface area contributed by atoms with Crippen LogP contribution in [0.1, 0.15) is 33.6 Å². The lowest BCUT2D eigenvalue weighted by molar-refractivity contribution is -0.176. The third-order valence-corrected chi connectivity index (χ3v) is 7.00. The van der Waals surface area contributed by atoms with E-state index in [-0.39, 0.29) is 35.0 Å². The number of guanidine groups is 1. The van der Waals surface area contributed by atoms with Crippen molar-refractivity contribution < 1.29 is 9.47 Å². The third kappa shape index (κ3) is 4.31. The Morgan fingerprint density at radius 2 is 1.92 bits per heavy atom. The summed E-state index contributed by atoms with van der Waals surface area (Å²) < 4.78 is 11.2. The second kappa shape index (κ2) is 8.92. The van der Waals surface area contributed by atoms with Crippen LogP contribution < -0.4 is 5.32 Å². The Morgan fingerprint density at radius 3 is 2.50 bits per heavy atom. The van der Waals surface area contributed by atoms with Gasteiger partial charge in [-0.3, -0.25) is 9.89 Å². The summed E-state index contributed by atoms with van der Waals surface area (Å²) in [6.45, 7) is 14.1. The first-order valence-electron chi connectivity index (χ1n) is 9.73. The van der Waals surface area contributed by atoms with Crippen molar-refractivity contribution in [3.8, 4) is 0 Å². The predicted octanol–water partition coefficient (Wildman–Crippen LogP) is 2.04. The Morgan fingerprint density at radius 1 is 1.23 bits per heavy atom. The third-order valence-electron chi connectivity index (χ3n) is 7.00. The van der Waals surface area contributed by atoms with Crippen LogP contribution >= 0.6 is 24.0 Å². The maximum Gasteiger partial charge on any atom is 0.193 e. The second-order valence-electron chi connectivity index (χ2n) is 8.62.